The molecule has 1 unspecified atom stereocenters. The second-order valence-corrected chi connectivity index (χ2v) is 7.59. The van der Waals surface area contributed by atoms with E-state index in [1.54, 1.807) is 5.56 Å². The van der Waals surface area contributed by atoms with Gasteiger partial charge in [-0.2, -0.15) is 0 Å². The maximum Gasteiger partial charge on any atom is 0.0296 e. The van der Waals surface area contributed by atoms with E-state index in [9.17, 15) is 0 Å². The molecule has 1 atom stereocenters. The molecule has 2 saturated heterocycles. The highest BCUT2D eigenvalue weighted by Gasteiger charge is 2.28. The molecule has 2 fully saturated rings. The number of rotatable bonds is 4. The molecular formula is C16H27N3S. The minimum atomic E-state index is 0.827. The molecule has 0 radical (unpaired) electrons. The fourth-order valence-corrected chi connectivity index (χ4v) is 4.68. The van der Waals surface area contributed by atoms with Crippen LogP contribution in [0, 0.1) is 6.92 Å². The van der Waals surface area contributed by atoms with Crippen LogP contribution in [0.2, 0.25) is 0 Å². The molecule has 4 heteroatoms. The zero-order chi connectivity index (χ0) is 13.9. The second-order valence-electron chi connectivity index (χ2n) is 6.25. The Morgan fingerprint density at radius 1 is 1.30 bits per heavy atom. The van der Waals surface area contributed by atoms with Crippen LogP contribution in [0.1, 0.15) is 34.6 Å². The summed E-state index contributed by atoms with van der Waals surface area (Å²) in [5.41, 5.74) is 1.55. The van der Waals surface area contributed by atoms with Crippen molar-refractivity contribution >= 4 is 11.3 Å². The minimum absolute atomic E-state index is 0.827. The zero-order valence-corrected chi connectivity index (χ0v) is 13.6. The molecule has 3 nitrogen and oxygen atoms in total. The number of nitrogens with one attached hydrogen (secondary N) is 1. The van der Waals surface area contributed by atoms with E-state index >= 15 is 0 Å². The molecule has 0 aromatic carbocycles. The Bertz CT molecular complexity index is 443. The lowest BCUT2D eigenvalue weighted by molar-refractivity contribution is 0.0456. The summed E-state index contributed by atoms with van der Waals surface area (Å²) in [6.07, 6.45) is 4.25. The molecule has 112 valence electrons. The van der Waals surface area contributed by atoms with Crippen LogP contribution in [0.5, 0.6) is 0 Å². The first-order chi connectivity index (χ1) is 9.76. The third kappa shape index (κ3) is 3.25. The highest BCUT2D eigenvalue weighted by atomic mass is 32.1. The van der Waals surface area contributed by atoms with E-state index < -0.39 is 0 Å². The molecule has 20 heavy (non-hydrogen) atoms. The van der Waals surface area contributed by atoms with Crippen LogP contribution in [-0.4, -0.2) is 49.1 Å². The van der Waals surface area contributed by atoms with Crippen LogP contribution in [0.15, 0.2) is 6.07 Å². The summed E-state index contributed by atoms with van der Waals surface area (Å²) >= 11 is 1.95. The Hall–Kier alpha value is -0.420. The highest BCUT2D eigenvalue weighted by molar-refractivity contribution is 7.12. The maximum atomic E-state index is 3.26. The molecule has 1 aromatic rings. The quantitative estimate of drug-likeness (QED) is 0.920. The van der Waals surface area contributed by atoms with Crippen molar-refractivity contribution in [3.63, 3.8) is 0 Å². The van der Waals surface area contributed by atoms with Gasteiger partial charge in [-0.3, -0.25) is 9.80 Å². The summed E-state index contributed by atoms with van der Waals surface area (Å²) in [7, 11) is 2.02. The summed E-state index contributed by atoms with van der Waals surface area (Å²) in [4.78, 5) is 8.36. The number of piperidine rings is 1. The molecule has 0 spiro atoms. The van der Waals surface area contributed by atoms with Crippen LogP contribution < -0.4 is 5.32 Å². The number of nitrogens with zero attached hydrogens (tertiary/aromatic N) is 2. The van der Waals surface area contributed by atoms with E-state index in [4.69, 9.17) is 0 Å². The minimum Gasteiger partial charge on any atom is -0.315 e. The number of hydrogen-bond acceptors (Lipinski definition) is 4. The van der Waals surface area contributed by atoms with Gasteiger partial charge in [0.25, 0.3) is 0 Å². The average molecular weight is 293 g/mol. The third-order valence-electron chi connectivity index (χ3n) is 4.74. The van der Waals surface area contributed by atoms with Crippen molar-refractivity contribution < 1.29 is 0 Å². The second kappa shape index (κ2) is 6.56. The molecule has 1 aromatic heterocycles. The molecule has 3 rings (SSSR count). The molecule has 0 bridgehead atoms. The van der Waals surface area contributed by atoms with Gasteiger partial charge in [-0.15, -0.1) is 11.3 Å². The van der Waals surface area contributed by atoms with E-state index in [1.165, 1.54) is 55.2 Å². The van der Waals surface area contributed by atoms with Crippen molar-refractivity contribution in [3.8, 4) is 0 Å². The summed E-state index contributed by atoms with van der Waals surface area (Å²) in [6, 6.07) is 3.23. The fourth-order valence-electron chi connectivity index (χ4n) is 3.61. The lowest BCUT2D eigenvalue weighted by atomic mass is 9.99. The summed E-state index contributed by atoms with van der Waals surface area (Å²) in [5, 5.41) is 3.26. The molecule has 2 aliphatic heterocycles. The van der Waals surface area contributed by atoms with E-state index in [0.29, 0.717) is 0 Å². The summed E-state index contributed by atoms with van der Waals surface area (Å²) < 4.78 is 0. The molecular weight excluding hydrogens is 266 g/mol. The normalized spacial score (nSPS) is 24.8. The van der Waals surface area contributed by atoms with Crippen molar-refractivity contribution in [3.05, 3.63) is 21.4 Å². The number of hydrogen-bond donors (Lipinski definition) is 1. The Balaban J connectivity index is 1.60. The van der Waals surface area contributed by atoms with Crippen molar-refractivity contribution in [2.45, 2.75) is 45.3 Å². The predicted molar refractivity (Wildman–Crippen MR) is 86.3 cm³/mol. The molecule has 0 aliphatic carbocycles. The Kier molecular flexibility index (Phi) is 4.76. The number of thiophene rings is 1. The van der Waals surface area contributed by atoms with Gasteiger partial charge < -0.3 is 5.32 Å². The zero-order valence-electron chi connectivity index (χ0n) is 12.8. The molecule has 0 saturated carbocycles. The molecule has 2 aliphatic rings. The number of piperazine rings is 1. The first-order valence-corrected chi connectivity index (χ1v) is 8.77. The summed E-state index contributed by atoms with van der Waals surface area (Å²) in [5.74, 6) is 0. The monoisotopic (exact) mass is 293 g/mol. The van der Waals surface area contributed by atoms with Gasteiger partial charge >= 0.3 is 0 Å². The van der Waals surface area contributed by atoms with Crippen molar-refractivity contribution in [2.24, 2.45) is 0 Å². The lowest BCUT2D eigenvalue weighted by Gasteiger charge is -2.44. The SMILES string of the molecule is CNCc1cc(CN2CCN3CCCCC3C2)c(C)s1. The van der Waals surface area contributed by atoms with Crippen molar-refractivity contribution in [2.75, 3.05) is 33.2 Å². The number of fused-ring (bicyclic) bond motifs is 1. The molecule has 0 amide bonds. The van der Waals surface area contributed by atoms with Gasteiger partial charge in [-0.25, -0.2) is 0 Å². The van der Waals surface area contributed by atoms with Crippen LogP contribution in [0.25, 0.3) is 0 Å². The van der Waals surface area contributed by atoms with Gasteiger partial charge in [0.05, 0.1) is 0 Å². The van der Waals surface area contributed by atoms with Crippen molar-refractivity contribution in [1.82, 2.24) is 15.1 Å². The van der Waals surface area contributed by atoms with E-state index in [1.807, 2.05) is 18.4 Å². The highest BCUT2D eigenvalue weighted by Crippen LogP contribution is 2.26. The van der Waals surface area contributed by atoms with Crippen LogP contribution in [-0.2, 0) is 13.1 Å². The first-order valence-electron chi connectivity index (χ1n) is 7.95. The molecule has 3 heterocycles. The van der Waals surface area contributed by atoms with Gasteiger partial charge in [-0.1, -0.05) is 6.42 Å². The van der Waals surface area contributed by atoms with Gasteiger partial charge in [0.2, 0.25) is 0 Å². The topological polar surface area (TPSA) is 18.5 Å². The number of aryl methyl sites for hydroxylation is 1. The lowest BCUT2D eigenvalue weighted by Crippen LogP contribution is -2.54. The third-order valence-corrected chi connectivity index (χ3v) is 5.83. The van der Waals surface area contributed by atoms with Crippen LogP contribution in [0.4, 0.5) is 0 Å². The largest absolute Gasteiger partial charge is 0.315 e. The van der Waals surface area contributed by atoms with E-state index in [0.717, 1.165) is 19.1 Å². The predicted octanol–water partition coefficient (Wildman–Crippen LogP) is 2.45. The summed E-state index contributed by atoms with van der Waals surface area (Å²) in [6.45, 7) is 9.55. The van der Waals surface area contributed by atoms with Gasteiger partial charge in [0, 0.05) is 48.5 Å². The Labute approximate surface area is 127 Å². The van der Waals surface area contributed by atoms with Crippen LogP contribution >= 0.6 is 11.3 Å². The van der Waals surface area contributed by atoms with Crippen molar-refractivity contribution in [1.29, 1.82) is 0 Å². The average Bonchev–Trinajstić information content (AvgIpc) is 2.79. The van der Waals surface area contributed by atoms with Gasteiger partial charge in [-0.05, 0) is 45.0 Å². The standard InChI is InChI=1S/C16H27N3S/c1-13-14(9-16(20-13)10-17-2)11-18-7-8-19-6-4-3-5-15(19)12-18/h9,15,17H,3-8,10-12H2,1-2H3. The van der Waals surface area contributed by atoms with Crippen LogP contribution in [0.3, 0.4) is 0 Å². The molecule has 1 N–H and O–H groups in total. The first kappa shape index (κ1) is 14.5. The maximum absolute atomic E-state index is 3.26. The fraction of sp³-hybridized carbons (Fsp3) is 0.750. The Morgan fingerprint density at radius 3 is 3.05 bits per heavy atom. The van der Waals surface area contributed by atoms with E-state index in [2.05, 4.69) is 28.1 Å². The van der Waals surface area contributed by atoms with Gasteiger partial charge in [0.15, 0.2) is 0 Å². The van der Waals surface area contributed by atoms with E-state index in [-0.39, 0.29) is 0 Å². The Morgan fingerprint density at radius 2 is 2.20 bits per heavy atom. The smallest absolute Gasteiger partial charge is 0.0296 e. The van der Waals surface area contributed by atoms with Gasteiger partial charge in [0.1, 0.15) is 0 Å².